The van der Waals surface area contributed by atoms with Gasteiger partial charge in [-0.2, -0.15) is 0 Å². The summed E-state index contributed by atoms with van der Waals surface area (Å²) in [6, 6.07) is 0. The molecule has 0 rings (SSSR count). The molecule has 0 aliphatic heterocycles. The average molecular weight is 202 g/mol. The Morgan fingerprint density at radius 1 is 1.33 bits per heavy atom. The Labute approximate surface area is 112 Å². The molecule has 0 aromatic heterocycles. The fraction of sp³-hybridized carbons (Fsp3) is 0.667. The summed E-state index contributed by atoms with van der Waals surface area (Å²) in [5, 5.41) is 25.7. The number of aliphatic carboxylic acids is 2. The first-order chi connectivity index (χ1) is 4.92. The zero-order valence-electron chi connectivity index (χ0n) is 6.07. The molecule has 0 aliphatic carbocycles. The van der Waals surface area contributed by atoms with Crippen molar-refractivity contribution >= 4 is 63.3 Å². The molecule has 12 heavy (non-hydrogen) atoms. The number of aliphatic hydroxyl groups is 1. The molecular weight excluding hydrogens is 191 g/mol. The van der Waals surface area contributed by atoms with E-state index < -0.39 is 24.0 Å². The molecule has 0 amide bonds. The molecule has 1 unspecified atom stereocenters. The molecule has 0 heterocycles. The Morgan fingerprint density at radius 2 is 1.75 bits per heavy atom. The van der Waals surface area contributed by atoms with Crippen LogP contribution in [0.5, 0.6) is 0 Å². The van der Waals surface area contributed by atoms with Gasteiger partial charge in [-0.1, -0.05) is 6.92 Å². The van der Waals surface area contributed by atoms with Crippen LogP contribution in [0.3, 0.4) is 0 Å². The molecule has 0 spiro atoms. The molecule has 66 valence electrons. The Morgan fingerprint density at radius 3 is 1.83 bits per heavy atom. The van der Waals surface area contributed by atoms with Gasteiger partial charge in [0.05, 0.1) is 6.42 Å². The molecule has 5 nitrogen and oxygen atoms in total. The number of hydrogen-bond acceptors (Lipinski definition) is 3. The Hall–Kier alpha value is 0.536. The minimum atomic E-state index is -2.12. The third-order valence-electron chi connectivity index (χ3n) is 1.43. The van der Waals surface area contributed by atoms with Gasteiger partial charge in [-0.25, -0.2) is 4.79 Å². The summed E-state index contributed by atoms with van der Waals surface area (Å²) in [6.45, 7) is 1.41. The van der Waals surface area contributed by atoms with Gasteiger partial charge < -0.3 is 15.3 Å². The Balaban J connectivity index is 0. The molecule has 0 bridgehead atoms. The predicted octanol–water partition coefficient (Wildman–Crippen LogP) is -0.962. The first-order valence-corrected chi connectivity index (χ1v) is 3.10. The van der Waals surface area contributed by atoms with Crippen LogP contribution >= 0.6 is 0 Å². The average Bonchev–Trinajstić information content (AvgIpc) is 1.86. The molecular formula is C6H11KO5. The summed E-state index contributed by atoms with van der Waals surface area (Å²) >= 11 is 0. The second-order valence-corrected chi connectivity index (χ2v) is 2.26. The second-order valence-electron chi connectivity index (χ2n) is 2.26. The monoisotopic (exact) mass is 202 g/mol. The van der Waals surface area contributed by atoms with Crippen molar-refractivity contribution in [3.8, 4) is 0 Å². The van der Waals surface area contributed by atoms with Crippen molar-refractivity contribution in [1.29, 1.82) is 0 Å². The maximum atomic E-state index is 10.3. The van der Waals surface area contributed by atoms with Gasteiger partial charge >= 0.3 is 63.3 Å². The van der Waals surface area contributed by atoms with E-state index in [1.54, 1.807) is 0 Å². The zero-order chi connectivity index (χ0) is 9.07. The van der Waals surface area contributed by atoms with Gasteiger partial charge in [0, 0.05) is 0 Å². The SMILES string of the molecule is CCC(O)(CC(=O)O)C(=O)O.[KH]. The minimum absolute atomic E-state index is 0. The van der Waals surface area contributed by atoms with Crippen LogP contribution in [0.25, 0.3) is 0 Å². The van der Waals surface area contributed by atoms with Crippen LogP contribution in [-0.4, -0.2) is 84.2 Å². The second kappa shape index (κ2) is 6.06. The molecule has 0 saturated carbocycles. The third kappa shape index (κ3) is 4.53. The molecule has 1 atom stereocenters. The van der Waals surface area contributed by atoms with Crippen LogP contribution in [0.1, 0.15) is 19.8 Å². The predicted molar refractivity (Wildman–Crippen MR) is 42.3 cm³/mol. The van der Waals surface area contributed by atoms with Crippen molar-refractivity contribution in [2.24, 2.45) is 0 Å². The van der Waals surface area contributed by atoms with Crippen LogP contribution in [0.15, 0.2) is 0 Å². The van der Waals surface area contributed by atoms with Gasteiger partial charge in [0.15, 0.2) is 5.60 Å². The van der Waals surface area contributed by atoms with Gasteiger partial charge in [0.1, 0.15) is 0 Å². The topological polar surface area (TPSA) is 94.8 Å². The van der Waals surface area contributed by atoms with E-state index in [0.717, 1.165) is 0 Å². The van der Waals surface area contributed by atoms with E-state index in [0.29, 0.717) is 0 Å². The zero-order valence-corrected chi connectivity index (χ0v) is 6.07. The van der Waals surface area contributed by atoms with Crippen molar-refractivity contribution in [2.45, 2.75) is 25.4 Å². The summed E-state index contributed by atoms with van der Waals surface area (Å²) in [6.07, 6.45) is -0.881. The van der Waals surface area contributed by atoms with Crippen LogP contribution in [0.2, 0.25) is 0 Å². The Bertz CT molecular complexity index is 181. The van der Waals surface area contributed by atoms with Crippen molar-refractivity contribution in [3.63, 3.8) is 0 Å². The summed E-state index contributed by atoms with van der Waals surface area (Å²) in [7, 11) is 0. The molecule has 0 radical (unpaired) electrons. The fourth-order valence-corrected chi connectivity index (χ4v) is 0.602. The van der Waals surface area contributed by atoms with Crippen LogP contribution < -0.4 is 0 Å². The van der Waals surface area contributed by atoms with Crippen LogP contribution in [-0.2, 0) is 9.59 Å². The molecule has 3 N–H and O–H groups in total. The summed E-state index contributed by atoms with van der Waals surface area (Å²) < 4.78 is 0. The van der Waals surface area contributed by atoms with Crippen molar-refractivity contribution < 1.29 is 24.9 Å². The number of hydrogen-bond donors (Lipinski definition) is 3. The van der Waals surface area contributed by atoms with Crippen molar-refractivity contribution in [3.05, 3.63) is 0 Å². The van der Waals surface area contributed by atoms with Crippen LogP contribution in [0, 0.1) is 0 Å². The van der Waals surface area contributed by atoms with Gasteiger partial charge in [0.25, 0.3) is 0 Å². The Kier molecular flexibility index (Phi) is 7.59. The van der Waals surface area contributed by atoms with E-state index in [1.165, 1.54) is 6.92 Å². The standard InChI is InChI=1S/C6H10O5.K.H/c1-2-6(11,5(9)10)3-4(7)8;;/h11H,2-3H2,1H3,(H,7,8)(H,9,10);;. The number of rotatable bonds is 4. The van der Waals surface area contributed by atoms with Crippen molar-refractivity contribution in [1.82, 2.24) is 0 Å². The van der Waals surface area contributed by atoms with Crippen molar-refractivity contribution in [2.75, 3.05) is 0 Å². The van der Waals surface area contributed by atoms with E-state index in [-0.39, 0.29) is 57.8 Å². The maximum absolute atomic E-state index is 10.3. The number of carboxylic acids is 2. The summed E-state index contributed by atoms with van der Waals surface area (Å²) in [5.41, 5.74) is -2.12. The molecule has 0 aromatic rings. The fourth-order valence-electron chi connectivity index (χ4n) is 0.602. The molecule has 0 saturated heterocycles. The first-order valence-electron chi connectivity index (χ1n) is 3.10. The van der Waals surface area contributed by atoms with Gasteiger partial charge in [0.2, 0.25) is 0 Å². The number of carbonyl (C=O) groups is 2. The molecule has 6 heteroatoms. The first kappa shape index (κ1) is 15.0. The van der Waals surface area contributed by atoms with E-state index in [2.05, 4.69) is 0 Å². The van der Waals surface area contributed by atoms with E-state index >= 15 is 0 Å². The van der Waals surface area contributed by atoms with Gasteiger partial charge in [-0.05, 0) is 6.42 Å². The summed E-state index contributed by atoms with van der Waals surface area (Å²) in [5.74, 6) is -2.82. The quantitative estimate of drug-likeness (QED) is 0.510. The summed E-state index contributed by atoms with van der Waals surface area (Å²) in [4.78, 5) is 20.3. The van der Waals surface area contributed by atoms with E-state index in [1.807, 2.05) is 0 Å². The van der Waals surface area contributed by atoms with E-state index in [4.69, 9.17) is 15.3 Å². The van der Waals surface area contributed by atoms with E-state index in [9.17, 15) is 9.59 Å². The molecule has 0 aliphatic rings. The van der Waals surface area contributed by atoms with Gasteiger partial charge in [-0.15, -0.1) is 0 Å². The van der Waals surface area contributed by atoms with Crippen LogP contribution in [0.4, 0.5) is 0 Å². The number of carboxylic acid groups (broad SMARTS) is 2. The molecule has 0 aromatic carbocycles. The normalized spacial score (nSPS) is 14.2. The van der Waals surface area contributed by atoms with Gasteiger partial charge in [-0.3, -0.25) is 4.79 Å². The molecule has 0 fully saturated rings. The third-order valence-corrected chi connectivity index (χ3v) is 1.43.